The minimum Gasteiger partial charge on any atom is -0.310 e. The number of allylic oxidation sites excluding steroid dienone is 1. The van der Waals surface area contributed by atoms with Crippen molar-refractivity contribution in [1.29, 1.82) is 0 Å². The van der Waals surface area contributed by atoms with Crippen molar-refractivity contribution in [2.24, 2.45) is 0 Å². The van der Waals surface area contributed by atoms with E-state index in [2.05, 4.69) is 5.32 Å². The van der Waals surface area contributed by atoms with E-state index in [1.165, 1.54) is 18.2 Å². The second-order valence-electron chi connectivity index (χ2n) is 3.65. The first kappa shape index (κ1) is 11.9. The van der Waals surface area contributed by atoms with Crippen LogP contribution in [-0.2, 0) is 0 Å². The maximum absolute atomic E-state index is 13.4. The molecule has 1 aromatic carbocycles. The molecule has 0 radical (unpaired) electrons. The SMILES string of the molecule is CNC(C=C(C)C)c1c(F)cccc1F. The van der Waals surface area contributed by atoms with E-state index in [0.717, 1.165) is 5.57 Å². The van der Waals surface area contributed by atoms with E-state index in [1.54, 1.807) is 13.1 Å². The molecule has 0 aromatic heterocycles. The minimum atomic E-state index is -0.521. The smallest absolute Gasteiger partial charge is 0.131 e. The van der Waals surface area contributed by atoms with Crippen molar-refractivity contribution in [2.75, 3.05) is 7.05 Å². The number of rotatable bonds is 3. The molecule has 0 amide bonds. The average Bonchev–Trinajstić information content (AvgIpc) is 2.15. The quantitative estimate of drug-likeness (QED) is 0.757. The van der Waals surface area contributed by atoms with E-state index in [9.17, 15) is 8.78 Å². The summed E-state index contributed by atoms with van der Waals surface area (Å²) in [5.41, 5.74) is 1.08. The third-order valence-corrected chi connectivity index (χ3v) is 2.12. The van der Waals surface area contributed by atoms with Gasteiger partial charge in [0.25, 0.3) is 0 Å². The molecule has 1 aromatic rings. The Morgan fingerprint density at radius 2 is 1.80 bits per heavy atom. The summed E-state index contributed by atoms with van der Waals surface area (Å²) in [6.45, 7) is 3.78. The predicted molar refractivity (Wildman–Crippen MR) is 57.6 cm³/mol. The number of likely N-dealkylation sites (N-methyl/N-ethyl adjacent to an activating group) is 1. The summed E-state index contributed by atoms with van der Waals surface area (Å²) in [6, 6.07) is 3.48. The number of halogens is 2. The summed E-state index contributed by atoms with van der Waals surface area (Å²) in [5.74, 6) is -1.04. The van der Waals surface area contributed by atoms with Gasteiger partial charge in [-0.2, -0.15) is 0 Å². The second-order valence-corrected chi connectivity index (χ2v) is 3.65. The molecule has 15 heavy (non-hydrogen) atoms. The number of hydrogen-bond acceptors (Lipinski definition) is 1. The highest BCUT2D eigenvalue weighted by Crippen LogP contribution is 2.22. The maximum atomic E-state index is 13.4. The minimum absolute atomic E-state index is 0.0706. The van der Waals surface area contributed by atoms with Gasteiger partial charge in [-0.05, 0) is 33.0 Å². The van der Waals surface area contributed by atoms with Crippen LogP contribution in [0.4, 0.5) is 8.78 Å². The van der Waals surface area contributed by atoms with Gasteiger partial charge in [0.1, 0.15) is 11.6 Å². The van der Waals surface area contributed by atoms with Gasteiger partial charge in [0, 0.05) is 5.56 Å². The topological polar surface area (TPSA) is 12.0 Å². The normalized spacial score (nSPS) is 12.3. The van der Waals surface area contributed by atoms with Crippen molar-refractivity contribution >= 4 is 0 Å². The fourth-order valence-corrected chi connectivity index (χ4v) is 1.45. The Kier molecular flexibility index (Phi) is 3.97. The standard InChI is InChI=1S/C12H15F2N/c1-8(2)7-11(15-3)12-9(13)5-4-6-10(12)14/h4-7,11,15H,1-3H3. The van der Waals surface area contributed by atoms with Crippen molar-refractivity contribution in [3.8, 4) is 0 Å². The zero-order valence-corrected chi connectivity index (χ0v) is 9.14. The second kappa shape index (κ2) is 5.03. The summed E-state index contributed by atoms with van der Waals surface area (Å²) in [5, 5.41) is 2.87. The Bertz CT molecular complexity index is 348. The Morgan fingerprint density at radius 1 is 1.27 bits per heavy atom. The molecular weight excluding hydrogens is 196 g/mol. The predicted octanol–water partition coefficient (Wildman–Crippen LogP) is 3.19. The van der Waals surface area contributed by atoms with Crippen molar-refractivity contribution < 1.29 is 8.78 Å². The summed E-state index contributed by atoms with van der Waals surface area (Å²) < 4.78 is 26.9. The fraction of sp³-hybridized carbons (Fsp3) is 0.333. The van der Waals surface area contributed by atoms with Crippen LogP contribution in [0.3, 0.4) is 0 Å². The van der Waals surface area contributed by atoms with Crippen LogP contribution in [0.5, 0.6) is 0 Å². The Balaban J connectivity index is 3.17. The van der Waals surface area contributed by atoms with Gasteiger partial charge < -0.3 is 5.32 Å². The number of nitrogens with one attached hydrogen (secondary N) is 1. The van der Waals surface area contributed by atoms with Gasteiger partial charge in [0.05, 0.1) is 6.04 Å². The van der Waals surface area contributed by atoms with Crippen LogP contribution >= 0.6 is 0 Å². The molecule has 1 atom stereocenters. The molecule has 0 saturated carbocycles. The highest BCUT2D eigenvalue weighted by Gasteiger charge is 2.15. The third kappa shape index (κ3) is 2.86. The zero-order valence-electron chi connectivity index (χ0n) is 9.14. The van der Waals surface area contributed by atoms with E-state index in [0.29, 0.717) is 0 Å². The van der Waals surface area contributed by atoms with Gasteiger partial charge in [-0.1, -0.05) is 17.7 Å². The first-order valence-corrected chi connectivity index (χ1v) is 4.82. The van der Waals surface area contributed by atoms with Crippen molar-refractivity contribution in [1.82, 2.24) is 5.32 Å². The first-order valence-electron chi connectivity index (χ1n) is 4.82. The molecule has 1 rings (SSSR count). The van der Waals surface area contributed by atoms with Crippen molar-refractivity contribution in [3.05, 3.63) is 47.0 Å². The molecule has 1 nitrogen and oxygen atoms in total. The molecule has 0 aliphatic heterocycles. The maximum Gasteiger partial charge on any atom is 0.131 e. The summed E-state index contributed by atoms with van der Waals surface area (Å²) >= 11 is 0. The van der Waals surface area contributed by atoms with Crippen LogP contribution in [0.1, 0.15) is 25.5 Å². The monoisotopic (exact) mass is 211 g/mol. The molecule has 1 N–H and O–H groups in total. The molecule has 0 aliphatic rings. The molecule has 0 bridgehead atoms. The van der Waals surface area contributed by atoms with Crippen LogP contribution < -0.4 is 5.32 Å². The highest BCUT2D eigenvalue weighted by atomic mass is 19.1. The van der Waals surface area contributed by atoms with Crippen molar-refractivity contribution in [2.45, 2.75) is 19.9 Å². The molecule has 1 unspecified atom stereocenters. The van der Waals surface area contributed by atoms with Crippen LogP contribution in [0.15, 0.2) is 29.8 Å². The Morgan fingerprint density at radius 3 is 2.20 bits per heavy atom. The lowest BCUT2D eigenvalue weighted by Gasteiger charge is -2.14. The number of benzene rings is 1. The van der Waals surface area contributed by atoms with E-state index in [4.69, 9.17) is 0 Å². The molecule has 0 heterocycles. The van der Waals surface area contributed by atoms with Gasteiger partial charge in [-0.25, -0.2) is 8.78 Å². The largest absolute Gasteiger partial charge is 0.310 e. The Hall–Kier alpha value is -1.22. The highest BCUT2D eigenvalue weighted by molar-refractivity contribution is 5.27. The first-order chi connectivity index (χ1) is 7.06. The van der Waals surface area contributed by atoms with Gasteiger partial charge in [-0.3, -0.25) is 0 Å². The third-order valence-electron chi connectivity index (χ3n) is 2.12. The lowest BCUT2D eigenvalue weighted by Crippen LogP contribution is -2.17. The molecule has 3 heteroatoms. The van der Waals surface area contributed by atoms with Gasteiger partial charge in [0.2, 0.25) is 0 Å². The molecule has 0 aliphatic carbocycles. The van der Waals surface area contributed by atoms with Crippen LogP contribution in [0.2, 0.25) is 0 Å². The summed E-state index contributed by atoms with van der Waals surface area (Å²) in [4.78, 5) is 0. The summed E-state index contributed by atoms with van der Waals surface area (Å²) in [7, 11) is 1.68. The van der Waals surface area contributed by atoms with Gasteiger partial charge in [-0.15, -0.1) is 0 Å². The van der Waals surface area contributed by atoms with Crippen LogP contribution in [-0.4, -0.2) is 7.05 Å². The zero-order chi connectivity index (χ0) is 11.4. The van der Waals surface area contributed by atoms with E-state index in [1.807, 2.05) is 13.8 Å². The molecule has 0 spiro atoms. The fourth-order valence-electron chi connectivity index (χ4n) is 1.45. The summed E-state index contributed by atoms with van der Waals surface area (Å²) in [6.07, 6.45) is 1.79. The van der Waals surface area contributed by atoms with Gasteiger partial charge in [0.15, 0.2) is 0 Å². The van der Waals surface area contributed by atoms with E-state index in [-0.39, 0.29) is 5.56 Å². The molecule has 0 saturated heterocycles. The Labute approximate surface area is 88.8 Å². The van der Waals surface area contributed by atoms with E-state index < -0.39 is 17.7 Å². The van der Waals surface area contributed by atoms with Gasteiger partial charge >= 0.3 is 0 Å². The van der Waals surface area contributed by atoms with Crippen LogP contribution in [0, 0.1) is 11.6 Å². The molecular formula is C12H15F2N. The van der Waals surface area contributed by atoms with Crippen molar-refractivity contribution in [3.63, 3.8) is 0 Å². The lowest BCUT2D eigenvalue weighted by molar-refractivity contribution is 0.526. The average molecular weight is 211 g/mol. The van der Waals surface area contributed by atoms with E-state index >= 15 is 0 Å². The lowest BCUT2D eigenvalue weighted by atomic mass is 10.0. The number of hydrogen-bond donors (Lipinski definition) is 1. The van der Waals surface area contributed by atoms with Crippen LogP contribution in [0.25, 0.3) is 0 Å². The molecule has 0 fully saturated rings. The molecule has 82 valence electrons.